The Morgan fingerprint density at radius 3 is 2.65 bits per heavy atom. The van der Waals surface area contributed by atoms with Gasteiger partial charge in [-0.2, -0.15) is 5.43 Å². The van der Waals surface area contributed by atoms with Gasteiger partial charge >= 0.3 is 0 Å². The lowest BCUT2D eigenvalue weighted by Crippen LogP contribution is -2.53. The van der Waals surface area contributed by atoms with Crippen LogP contribution in [-0.4, -0.2) is 42.2 Å². The van der Waals surface area contributed by atoms with Gasteiger partial charge in [-0.1, -0.05) is 29.3 Å². The third kappa shape index (κ3) is 3.64. The van der Waals surface area contributed by atoms with Gasteiger partial charge < -0.3 is 15.4 Å². The summed E-state index contributed by atoms with van der Waals surface area (Å²) >= 11 is 12.8. The van der Waals surface area contributed by atoms with Crippen molar-refractivity contribution in [2.24, 2.45) is 16.5 Å². The summed E-state index contributed by atoms with van der Waals surface area (Å²) in [6, 6.07) is 11.0. The third-order valence-electron chi connectivity index (χ3n) is 5.33. The summed E-state index contributed by atoms with van der Waals surface area (Å²) in [5.41, 5.74) is 18.3. The first-order chi connectivity index (χ1) is 14.9. The number of nitrogens with one attached hydrogen (secondary N) is 1. The minimum atomic E-state index is -1.31. The molecular weight excluding hydrogens is 439 g/mol. The highest BCUT2D eigenvalue weighted by Crippen LogP contribution is 2.34. The lowest BCUT2D eigenvalue weighted by atomic mass is 10.1. The van der Waals surface area contributed by atoms with E-state index in [0.717, 1.165) is 24.3 Å². The van der Waals surface area contributed by atoms with Crippen molar-refractivity contribution < 1.29 is 4.74 Å². The molecule has 1 aromatic heterocycles. The van der Waals surface area contributed by atoms with Gasteiger partial charge in [0.1, 0.15) is 6.33 Å². The summed E-state index contributed by atoms with van der Waals surface area (Å²) in [7, 11) is 0. The second-order valence-corrected chi connectivity index (χ2v) is 8.15. The van der Waals surface area contributed by atoms with E-state index < -0.39 is 5.79 Å². The molecule has 1 saturated heterocycles. The van der Waals surface area contributed by atoms with E-state index in [4.69, 9.17) is 39.4 Å². The van der Waals surface area contributed by atoms with Crippen molar-refractivity contribution >= 4 is 51.6 Å². The van der Waals surface area contributed by atoms with Crippen molar-refractivity contribution in [3.8, 4) is 0 Å². The van der Waals surface area contributed by atoms with Gasteiger partial charge in [0.2, 0.25) is 11.7 Å². The lowest BCUT2D eigenvalue weighted by molar-refractivity contribution is 0.122. The summed E-state index contributed by atoms with van der Waals surface area (Å²) in [6.45, 7) is 2.92. The van der Waals surface area contributed by atoms with Crippen LogP contribution in [0, 0.1) is 0 Å². The highest BCUT2D eigenvalue weighted by Gasteiger charge is 2.38. The van der Waals surface area contributed by atoms with E-state index in [1.54, 1.807) is 18.2 Å². The van der Waals surface area contributed by atoms with Crippen molar-refractivity contribution in [3.63, 3.8) is 0 Å². The minimum Gasteiger partial charge on any atom is -0.378 e. The SMILES string of the molecule is NC1=NC(N)(c2ccc(N3CCOCC3)c(Cl)c2)NN1c1ncnc2ccc(Cl)cc12. The van der Waals surface area contributed by atoms with Crippen LogP contribution in [0.3, 0.4) is 0 Å². The van der Waals surface area contributed by atoms with Crippen molar-refractivity contribution in [1.82, 2.24) is 15.4 Å². The number of ether oxygens (including phenoxy) is 1. The highest BCUT2D eigenvalue weighted by molar-refractivity contribution is 6.33. The molecule has 160 valence electrons. The molecule has 1 unspecified atom stereocenters. The van der Waals surface area contributed by atoms with Gasteiger partial charge in [0, 0.05) is 29.1 Å². The van der Waals surface area contributed by atoms with Gasteiger partial charge in [-0.05, 0) is 30.3 Å². The lowest BCUT2D eigenvalue weighted by Gasteiger charge is -2.31. The zero-order valence-corrected chi connectivity index (χ0v) is 17.9. The van der Waals surface area contributed by atoms with Crippen LogP contribution in [0.2, 0.25) is 10.0 Å². The van der Waals surface area contributed by atoms with Gasteiger partial charge in [0.25, 0.3) is 0 Å². The van der Waals surface area contributed by atoms with E-state index in [9.17, 15) is 0 Å². The molecule has 2 aromatic carbocycles. The molecule has 3 aromatic rings. The minimum absolute atomic E-state index is 0.163. The second kappa shape index (κ2) is 7.77. The van der Waals surface area contributed by atoms with E-state index in [-0.39, 0.29) is 5.96 Å². The Kier molecular flexibility index (Phi) is 5.07. The van der Waals surface area contributed by atoms with Crippen LogP contribution in [-0.2, 0) is 10.5 Å². The Morgan fingerprint density at radius 1 is 1.06 bits per heavy atom. The largest absolute Gasteiger partial charge is 0.378 e. The maximum absolute atomic E-state index is 6.59. The summed E-state index contributed by atoms with van der Waals surface area (Å²) in [5, 5.41) is 3.38. The number of fused-ring (bicyclic) bond motifs is 1. The van der Waals surface area contributed by atoms with E-state index >= 15 is 0 Å². The molecule has 0 spiro atoms. The summed E-state index contributed by atoms with van der Waals surface area (Å²) in [5.74, 6) is -0.652. The molecule has 1 atom stereocenters. The molecule has 3 heterocycles. The number of nitrogens with two attached hydrogens (primary N) is 2. The van der Waals surface area contributed by atoms with E-state index in [2.05, 4.69) is 25.3 Å². The maximum Gasteiger partial charge on any atom is 0.215 e. The molecule has 2 aliphatic heterocycles. The van der Waals surface area contributed by atoms with Crippen LogP contribution in [0.25, 0.3) is 10.9 Å². The first-order valence-electron chi connectivity index (χ1n) is 9.70. The molecule has 5 rings (SSSR count). The van der Waals surface area contributed by atoms with Gasteiger partial charge in [0.05, 0.1) is 29.4 Å². The molecule has 0 amide bonds. The molecule has 31 heavy (non-hydrogen) atoms. The average Bonchev–Trinajstić information content (AvgIpc) is 3.09. The molecule has 0 aliphatic carbocycles. The molecular formula is C20H20Cl2N8O. The highest BCUT2D eigenvalue weighted by atomic mass is 35.5. The van der Waals surface area contributed by atoms with Gasteiger partial charge in [-0.15, -0.1) is 0 Å². The van der Waals surface area contributed by atoms with Crippen LogP contribution in [0.1, 0.15) is 5.56 Å². The molecule has 0 bridgehead atoms. The Morgan fingerprint density at radius 2 is 1.87 bits per heavy atom. The quantitative estimate of drug-likeness (QED) is 0.546. The van der Waals surface area contributed by atoms with Gasteiger partial charge in [-0.3, -0.25) is 5.73 Å². The van der Waals surface area contributed by atoms with Crippen molar-refractivity contribution in [1.29, 1.82) is 0 Å². The summed E-state index contributed by atoms with van der Waals surface area (Å²) in [6.07, 6.45) is 1.45. The number of hydrogen-bond acceptors (Lipinski definition) is 9. The second-order valence-electron chi connectivity index (χ2n) is 7.31. The summed E-state index contributed by atoms with van der Waals surface area (Å²) in [4.78, 5) is 15.3. The van der Waals surface area contributed by atoms with E-state index in [1.165, 1.54) is 11.3 Å². The van der Waals surface area contributed by atoms with Crippen molar-refractivity contribution in [2.75, 3.05) is 36.2 Å². The zero-order chi connectivity index (χ0) is 21.6. The van der Waals surface area contributed by atoms with Crippen LogP contribution in [0.4, 0.5) is 11.5 Å². The number of morpholine rings is 1. The maximum atomic E-state index is 6.59. The number of benzene rings is 2. The third-order valence-corrected chi connectivity index (χ3v) is 5.87. The molecule has 5 N–H and O–H groups in total. The van der Waals surface area contributed by atoms with E-state index in [1.807, 2.05) is 18.2 Å². The predicted molar refractivity (Wildman–Crippen MR) is 122 cm³/mol. The number of guanidine groups is 1. The monoisotopic (exact) mass is 458 g/mol. The smallest absolute Gasteiger partial charge is 0.215 e. The normalized spacial score (nSPS) is 21.6. The summed E-state index contributed by atoms with van der Waals surface area (Å²) < 4.78 is 5.42. The number of anilines is 2. The first-order valence-corrected chi connectivity index (χ1v) is 10.5. The van der Waals surface area contributed by atoms with Crippen LogP contribution >= 0.6 is 23.2 Å². The molecule has 11 heteroatoms. The molecule has 2 aliphatic rings. The fourth-order valence-electron chi connectivity index (χ4n) is 3.77. The Hall–Kier alpha value is -2.69. The fraction of sp³-hybridized carbons (Fsp3) is 0.250. The number of hydrogen-bond donors (Lipinski definition) is 3. The predicted octanol–water partition coefficient (Wildman–Crippen LogP) is 2.18. The van der Waals surface area contributed by atoms with Crippen molar-refractivity contribution in [2.45, 2.75) is 5.79 Å². The Labute approximate surface area is 188 Å². The standard InChI is InChI=1S/C20H20Cl2N8O/c21-13-2-3-16-14(10-13)18(26-11-25-16)30-19(23)27-20(24,28-30)12-1-4-17(15(22)9-12)29-5-7-31-8-6-29/h1-4,9-11,28H,5-8,24H2,(H2,23,27). The average molecular weight is 459 g/mol. The molecule has 0 radical (unpaired) electrons. The first kappa shape index (κ1) is 20.2. The fourth-order valence-corrected chi connectivity index (χ4v) is 4.24. The number of nitrogens with zero attached hydrogens (tertiary/aromatic N) is 5. The number of hydrazine groups is 1. The Balaban J connectivity index is 1.47. The Bertz CT molecular complexity index is 1180. The zero-order valence-electron chi connectivity index (χ0n) is 16.4. The molecule has 0 saturated carbocycles. The molecule has 1 fully saturated rings. The topological polar surface area (TPSA) is 118 Å². The van der Waals surface area contributed by atoms with Crippen LogP contribution in [0.5, 0.6) is 0 Å². The number of aliphatic imine (C=N–C) groups is 1. The number of aromatic nitrogens is 2. The van der Waals surface area contributed by atoms with Crippen LogP contribution in [0.15, 0.2) is 47.7 Å². The number of rotatable bonds is 3. The van der Waals surface area contributed by atoms with Crippen LogP contribution < -0.4 is 26.8 Å². The molecule has 9 nitrogen and oxygen atoms in total. The van der Waals surface area contributed by atoms with Gasteiger partial charge in [-0.25, -0.2) is 20.0 Å². The van der Waals surface area contributed by atoms with Gasteiger partial charge in [0.15, 0.2) is 5.82 Å². The van der Waals surface area contributed by atoms with E-state index in [0.29, 0.717) is 40.0 Å². The van der Waals surface area contributed by atoms with Crippen molar-refractivity contribution in [3.05, 3.63) is 58.3 Å². The number of halogens is 2.